The maximum absolute atomic E-state index is 12.4. The molecule has 21 heavy (non-hydrogen) atoms. The second kappa shape index (κ2) is 5.04. The van der Waals surface area contributed by atoms with E-state index in [1.165, 1.54) is 6.33 Å². The van der Waals surface area contributed by atoms with Gasteiger partial charge in [0.1, 0.15) is 12.1 Å². The van der Waals surface area contributed by atoms with Gasteiger partial charge in [-0.3, -0.25) is 0 Å². The topological polar surface area (TPSA) is 66.5 Å². The van der Waals surface area contributed by atoms with E-state index in [9.17, 15) is 13.2 Å². The lowest BCUT2D eigenvalue weighted by molar-refractivity contribution is -0.115. The second-order valence-corrected chi connectivity index (χ2v) is 4.33. The normalized spacial score (nSPS) is 11.8. The number of anilines is 1. The minimum atomic E-state index is -4.33. The molecular weight excluding hydrogens is 283 g/mol. The van der Waals surface area contributed by atoms with Gasteiger partial charge in [-0.2, -0.15) is 13.2 Å². The van der Waals surface area contributed by atoms with Gasteiger partial charge in [0.05, 0.1) is 6.33 Å². The number of fused-ring (bicyclic) bond motifs is 1. The van der Waals surface area contributed by atoms with Crippen LogP contribution in [0.4, 0.5) is 19.0 Å². The Bertz CT molecular complexity index is 751. The van der Waals surface area contributed by atoms with E-state index in [1.807, 2.05) is 6.07 Å². The van der Waals surface area contributed by atoms with Crippen LogP contribution in [0.1, 0.15) is 0 Å². The number of aromatic nitrogens is 4. The molecule has 0 bridgehead atoms. The molecule has 0 fully saturated rings. The highest BCUT2D eigenvalue weighted by atomic mass is 19.4. The van der Waals surface area contributed by atoms with Crippen LogP contribution >= 0.6 is 0 Å². The second-order valence-electron chi connectivity index (χ2n) is 4.33. The van der Waals surface area contributed by atoms with E-state index in [2.05, 4.69) is 25.3 Å². The predicted octanol–water partition coefficient (Wildman–Crippen LogP) is 2.99. The zero-order chi connectivity index (χ0) is 14.9. The summed E-state index contributed by atoms with van der Waals surface area (Å²) in [6, 6.07) is 8.99. The number of hydrogen-bond acceptors (Lipinski definition) is 4. The van der Waals surface area contributed by atoms with Crippen molar-refractivity contribution in [1.29, 1.82) is 0 Å². The molecule has 3 rings (SSSR count). The summed E-state index contributed by atoms with van der Waals surface area (Å²) in [7, 11) is 0. The first-order chi connectivity index (χ1) is 10.0. The molecule has 2 N–H and O–H groups in total. The molecule has 108 valence electrons. The Labute approximate surface area is 117 Å². The third-order valence-corrected chi connectivity index (χ3v) is 2.77. The molecule has 2 heterocycles. The van der Waals surface area contributed by atoms with Crippen LogP contribution < -0.4 is 5.32 Å². The lowest BCUT2D eigenvalue weighted by Gasteiger charge is -2.10. The largest absolute Gasteiger partial charge is 0.405 e. The molecule has 0 saturated heterocycles. The maximum Gasteiger partial charge on any atom is 0.405 e. The van der Waals surface area contributed by atoms with Gasteiger partial charge in [-0.15, -0.1) is 0 Å². The Kier molecular flexibility index (Phi) is 3.20. The third kappa shape index (κ3) is 2.93. The van der Waals surface area contributed by atoms with Crippen molar-refractivity contribution in [3.8, 4) is 11.4 Å². The first-order valence-corrected chi connectivity index (χ1v) is 6.10. The average molecular weight is 293 g/mol. The fraction of sp³-hybridized carbons (Fsp3) is 0.154. The summed E-state index contributed by atoms with van der Waals surface area (Å²) < 4.78 is 37.1. The first kappa shape index (κ1) is 13.3. The molecule has 5 nitrogen and oxygen atoms in total. The van der Waals surface area contributed by atoms with Crippen LogP contribution in [0.2, 0.25) is 0 Å². The van der Waals surface area contributed by atoms with Crippen molar-refractivity contribution in [2.45, 2.75) is 6.18 Å². The molecule has 0 atom stereocenters. The zero-order valence-corrected chi connectivity index (χ0v) is 10.6. The van der Waals surface area contributed by atoms with Crippen LogP contribution in [0.25, 0.3) is 22.6 Å². The van der Waals surface area contributed by atoms with Crippen molar-refractivity contribution in [1.82, 2.24) is 19.9 Å². The van der Waals surface area contributed by atoms with E-state index in [4.69, 9.17) is 0 Å². The van der Waals surface area contributed by atoms with Crippen molar-refractivity contribution < 1.29 is 13.2 Å². The van der Waals surface area contributed by atoms with Crippen LogP contribution in [-0.2, 0) is 0 Å². The van der Waals surface area contributed by atoms with E-state index in [1.54, 1.807) is 24.3 Å². The fourth-order valence-electron chi connectivity index (χ4n) is 1.86. The number of nitrogens with one attached hydrogen (secondary N) is 2. The summed E-state index contributed by atoms with van der Waals surface area (Å²) in [6.07, 6.45) is -2.96. The number of alkyl halides is 3. The Morgan fingerprint density at radius 2 is 1.86 bits per heavy atom. The molecule has 0 radical (unpaired) electrons. The van der Waals surface area contributed by atoms with E-state index in [0.29, 0.717) is 22.6 Å². The predicted molar refractivity (Wildman–Crippen MR) is 71.7 cm³/mol. The summed E-state index contributed by atoms with van der Waals surface area (Å²) in [5, 5.41) is 2.28. The first-order valence-electron chi connectivity index (χ1n) is 6.10. The van der Waals surface area contributed by atoms with Crippen LogP contribution in [-0.4, -0.2) is 32.7 Å². The highest BCUT2D eigenvalue weighted by molar-refractivity contribution is 5.84. The molecule has 3 aromatic rings. The van der Waals surface area contributed by atoms with Gasteiger partial charge < -0.3 is 10.3 Å². The van der Waals surface area contributed by atoms with E-state index < -0.39 is 12.7 Å². The molecule has 0 aliphatic carbocycles. The summed E-state index contributed by atoms with van der Waals surface area (Å²) in [5.74, 6) is 0.397. The molecule has 8 heteroatoms. The highest BCUT2D eigenvalue weighted by Gasteiger charge is 2.27. The summed E-state index contributed by atoms with van der Waals surface area (Å²) in [5.41, 5.74) is 1.37. The van der Waals surface area contributed by atoms with Gasteiger partial charge in [0.2, 0.25) is 0 Å². The van der Waals surface area contributed by atoms with Gasteiger partial charge in [-0.25, -0.2) is 15.0 Å². The minimum absolute atomic E-state index is 0.0775. The monoisotopic (exact) mass is 293 g/mol. The van der Waals surface area contributed by atoms with Gasteiger partial charge in [-0.05, 0) is 0 Å². The van der Waals surface area contributed by atoms with Crippen molar-refractivity contribution in [3.63, 3.8) is 0 Å². The summed E-state index contributed by atoms with van der Waals surface area (Å²) in [4.78, 5) is 15.1. The lowest BCUT2D eigenvalue weighted by atomic mass is 10.2. The number of halogens is 3. The Balaban J connectivity index is 2.04. The molecule has 2 aromatic heterocycles. The van der Waals surface area contributed by atoms with E-state index in [-0.39, 0.29) is 5.82 Å². The van der Waals surface area contributed by atoms with Gasteiger partial charge >= 0.3 is 6.18 Å². The Morgan fingerprint density at radius 1 is 1.10 bits per heavy atom. The van der Waals surface area contributed by atoms with Crippen molar-refractivity contribution in [3.05, 3.63) is 36.7 Å². The number of nitrogens with zero attached hydrogens (tertiary/aromatic N) is 3. The highest BCUT2D eigenvalue weighted by Crippen LogP contribution is 2.24. The molecule has 0 saturated carbocycles. The lowest BCUT2D eigenvalue weighted by Crippen LogP contribution is -2.22. The maximum atomic E-state index is 12.4. The average Bonchev–Trinajstić information content (AvgIpc) is 2.93. The van der Waals surface area contributed by atoms with E-state index >= 15 is 0 Å². The molecule has 0 unspecified atom stereocenters. The fourth-order valence-corrected chi connectivity index (χ4v) is 1.86. The van der Waals surface area contributed by atoms with Gasteiger partial charge in [-0.1, -0.05) is 30.3 Å². The van der Waals surface area contributed by atoms with E-state index in [0.717, 1.165) is 0 Å². The summed E-state index contributed by atoms with van der Waals surface area (Å²) >= 11 is 0. The Hall–Kier alpha value is -2.64. The SMILES string of the molecule is FC(F)(F)CNc1nc(-c2ccccc2)nc2nc[nH]c12. The molecule has 0 spiro atoms. The number of hydrogen-bond donors (Lipinski definition) is 2. The Morgan fingerprint density at radius 3 is 2.57 bits per heavy atom. The molecule has 0 aliphatic heterocycles. The zero-order valence-electron chi connectivity index (χ0n) is 10.6. The molecule has 1 aromatic carbocycles. The van der Waals surface area contributed by atoms with Crippen molar-refractivity contribution >= 4 is 17.0 Å². The van der Waals surface area contributed by atoms with Crippen molar-refractivity contribution in [2.75, 3.05) is 11.9 Å². The number of H-pyrrole nitrogens is 1. The van der Waals surface area contributed by atoms with Gasteiger partial charge in [0, 0.05) is 5.56 Å². The third-order valence-electron chi connectivity index (χ3n) is 2.77. The van der Waals surface area contributed by atoms with Crippen molar-refractivity contribution in [2.24, 2.45) is 0 Å². The van der Waals surface area contributed by atoms with Crippen LogP contribution in [0.5, 0.6) is 0 Å². The van der Waals surface area contributed by atoms with Crippen LogP contribution in [0.15, 0.2) is 36.7 Å². The number of imidazole rings is 1. The molecular formula is C13H10F3N5. The van der Waals surface area contributed by atoms with Gasteiger partial charge in [0.25, 0.3) is 0 Å². The number of rotatable bonds is 3. The quantitative estimate of drug-likeness (QED) is 0.779. The molecule has 0 aliphatic rings. The summed E-state index contributed by atoms with van der Waals surface area (Å²) in [6.45, 7) is -1.17. The van der Waals surface area contributed by atoms with Crippen LogP contribution in [0.3, 0.4) is 0 Å². The standard InChI is InChI=1S/C13H10F3N5/c14-13(15,16)6-17-11-9-12(19-7-18-9)21-10(20-11)8-4-2-1-3-5-8/h1-5,7H,6H2,(H2,17,18,19,20,21). The number of benzene rings is 1. The van der Waals surface area contributed by atoms with Crippen LogP contribution in [0, 0.1) is 0 Å². The smallest absolute Gasteiger partial charge is 0.359 e. The van der Waals surface area contributed by atoms with Gasteiger partial charge in [0.15, 0.2) is 17.3 Å². The number of aromatic amines is 1. The molecule has 0 amide bonds. The minimum Gasteiger partial charge on any atom is -0.359 e.